The Bertz CT molecular complexity index is 890. The fourth-order valence-electron chi connectivity index (χ4n) is 2.53. The van der Waals surface area contributed by atoms with Gasteiger partial charge in [0.05, 0.1) is 16.6 Å². The van der Waals surface area contributed by atoms with Gasteiger partial charge in [0.25, 0.3) is 0 Å². The van der Waals surface area contributed by atoms with Crippen LogP contribution in [0.5, 0.6) is 0 Å². The molecule has 0 saturated heterocycles. The summed E-state index contributed by atoms with van der Waals surface area (Å²) in [5.41, 5.74) is 7.05. The van der Waals surface area contributed by atoms with Crippen LogP contribution in [-0.4, -0.2) is 9.97 Å². The van der Waals surface area contributed by atoms with E-state index in [1.807, 2.05) is 30.3 Å². The molecule has 0 aliphatic rings. The number of nitrogens with zero attached hydrogens (tertiary/aromatic N) is 2. The molecular weight excluding hydrogens is 270 g/mol. The minimum Gasteiger partial charge on any atom is -0.337 e. The molecule has 22 heavy (non-hydrogen) atoms. The Morgan fingerprint density at radius 3 is 2.55 bits per heavy atom. The average Bonchev–Trinajstić information content (AvgIpc) is 2.93. The van der Waals surface area contributed by atoms with Gasteiger partial charge in [-0.1, -0.05) is 24.3 Å². The summed E-state index contributed by atoms with van der Waals surface area (Å²) in [6.45, 7) is 6.24. The monoisotopic (exact) mass is 287 g/mol. The number of aromatic nitrogens is 2. The van der Waals surface area contributed by atoms with E-state index in [0.717, 1.165) is 22.2 Å². The largest absolute Gasteiger partial charge is 0.337 e. The molecule has 0 radical (unpaired) electrons. The van der Waals surface area contributed by atoms with Gasteiger partial charge in [-0.05, 0) is 61.2 Å². The van der Waals surface area contributed by atoms with E-state index in [1.54, 1.807) is 0 Å². The first-order valence-electron chi connectivity index (χ1n) is 7.23. The van der Waals surface area contributed by atoms with Crippen LogP contribution in [-0.2, 0) is 0 Å². The summed E-state index contributed by atoms with van der Waals surface area (Å²) in [5.74, 6) is 0.612. The van der Waals surface area contributed by atoms with Gasteiger partial charge in [-0.15, -0.1) is 0 Å². The third-order valence-electron chi connectivity index (χ3n) is 3.95. The summed E-state index contributed by atoms with van der Waals surface area (Å²) in [6, 6.07) is 14.3. The number of hydrogen-bond acceptors (Lipinski definition) is 2. The number of aromatic amines is 1. The second-order valence-electron chi connectivity index (χ2n) is 5.57. The van der Waals surface area contributed by atoms with E-state index in [-0.39, 0.29) is 0 Å². The van der Waals surface area contributed by atoms with Crippen LogP contribution >= 0.6 is 0 Å². The summed E-state index contributed by atoms with van der Waals surface area (Å²) < 4.78 is 0. The van der Waals surface area contributed by atoms with Crippen molar-refractivity contribution in [3.05, 3.63) is 64.5 Å². The molecule has 0 atom stereocenters. The lowest BCUT2D eigenvalue weighted by Gasteiger charge is -2.06. The lowest BCUT2D eigenvalue weighted by Crippen LogP contribution is -1.90. The van der Waals surface area contributed by atoms with Crippen LogP contribution < -0.4 is 0 Å². The average molecular weight is 287 g/mol. The molecule has 0 fully saturated rings. The Hall–Kier alpha value is -2.86. The zero-order valence-corrected chi connectivity index (χ0v) is 12.9. The molecule has 0 spiro atoms. The van der Waals surface area contributed by atoms with E-state index in [1.165, 1.54) is 11.1 Å². The summed E-state index contributed by atoms with van der Waals surface area (Å²) in [6.07, 6.45) is 1.90. The minimum atomic E-state index is 0.544. The number of para-hydroxylation sites is 2. The Morgan fingerprint density at radius 1 is 1.09 bits per heavy atom. The second-order valence-corrected chi connectivity index (χ2v) is 5.57. The predicted octanol–water partition coefficient (Wildman–Crippen LogP) is 4.55. The van der Waals surface area contributed by atoms with E-state index in [4.69, 9.17) is 0 Å². The van der Waals surface area contributed by atoms with Crippen LogP contribution in [0.15, 0.2) is 36.4 Å². The number of benzene rings is 2. The van der Waals surface area contributed by atoms with Gasteiger partial charge in [-0.25, -0.2) is 4.98 Å². The number of imidazole rings is 1. The molecule has 1 aromatic heterocycles. The quantitative estimate of drug-likeness (QED) is 0.703. The number of H-pyrrole nitrogens is 1. The maximum Gasteiger partial charge on any atom is 0.149 e. The van der Waals surface area contributed by atoms with Gasteiger partial charge in [-0.3, -0.25) is 0 Å². The maximum absolute atomic E-state index is 9.50. The van der Waals surface area contributed by atoms with Gasteiger partial charge in [0.15, 0.2) is 0 Å². The normalized spacial score (nSPS) is 11.6. The molecule has 1 heterocycles. The first-order chi connectivity index (χ1) is 10.6. The molecule has 0 aliphatic heterocycles. The SMILES string of the molecule is Cc1cc(C)c(/C=C(\C#N)c2nc3ccccc3[nH]2)cc1C. The first kappa shape index (κ1) is 14.1. The molecule has 3 heteroatoms. The highest BCUT2D eigenvalue weighted by atomic mass is 14.9. The maximum atomic E-state index is 9.50. The fourth-order valence-corrected chi connectivity index (χ4v) is 2.53. The van der Waals surface area contributed by atoms with E-state index >= 15 is 0 Å². The highest BCUT2D eigenvalue weighted by Crippen LogP contribution is 2.22. The van der Waals surface area contributed by atoms with Crippen molar-refractivity contribution in [3.8, 4) is 6.07 Å². The van der Waals surface area contributed by atoms with Gasteiger partial charge < -0.3 is 4.98 Å². The summed E-state index contributed by atoms with van der Waals surface area (Å²) in [5, 5.41) is 9.50. The van der Waals surface area contributed by atoms with E-state index in [9.17, 15) is 5.26 Å². The van der Waals surface area contributed by atoms with E-state index in [0.29, 0.717) is 11.4 Å². The molecule has 1 N–H and O–H groups in total. The number of nitrogens with one attached hydrogen (secondary N) is 1. The van der Waals surface area contributed by atoms with E-state index < -0.39 is 0 Å². The molecule has 3 nitrogen and oxygen atoms in total. The Kier molecular flexibility index (Phi) is 3.52. The molecule has 0 unspecified atom stereocenters. The highest BCUT2D eigenvalue weighted by Gasteiger charge is 2.09. The van der Waals surface area contributed by atoms with Crippen LogP contribution in [0.4, 0.5) is 0 Å². The third kappa shape index (κ3) is 2.51. The zero-order valence-electron chi connectivity index (χ0n) is 12.9. The van der Waals surface area contributed by atoms with Gasteiger partial charge in [0, 0.05) is 0 Å². The van der Waals surface area contributed by atoms with Crippen molar-refractivity contribution < 1.29 is 0 Å². The van der Waals surface area contributed by atoms with Crippen molar-refractivity contribution in [2.45, 2.75) is 20.8 Å². The lowest BCUT2D eigenvalue weighted by atomic mass is 9.99. The smallest absolute Gasteiger partial charge is 0.149 e. The van der Waals surface area contributed by atoms with Crippen molar-refractivity contribution >= 4 is 22.7 Å². The van der Waals surface area contributed by atoms with Crippen molar-refractivity contribution in [1.82, 2.24) is 9.97 Å². The lowest BCUT2D eigenvalue weighted by molar-refractivity contribution is 1.27. The molecular formula is C19H17N3. The summed E-state index contributed by atoms with van der Waals surface area (Å²) in [4.78, 5) is 7.71. The van der Waals surface area contributed by atoms with Crippen molar-refractivity contribution in [1.29, 1.82) is 5.26 Å². The van der Waals surface area contributed by atoms with Crippen LogP contribution in [0.25, 0.3) is 22.7 Å². The molecule has 3 aromatic rings. The third-order valence-corrected chi connectivity index (χ3v) is 3.95. The topological polar surface area (TPSA) is 52.5 Å². The van der Waals surface area contributed by atoms with Gasteiger partial charge in [0.1, 0.15) is 11.9 Å². The molecule has 108 valence electrons. The number of hydrogen-bond donors (Lipinski definition) is 1. The van der Waals surface area contributed by atoms with Crippen molar-refractivity contribution in [3.63, 3.8) is 0 Å². The molecule has 3 rings (SSSR count). The standard InChI is InChI=1S/C19H17N3/c1-12-8-14(3)15(9-13(12)2)10-16(11-20)19-21-17-6-4-5-7-18(17)22-19/h4-10H,1-3H3,(H,21,22)/b16-10+. The fraction of sp³-hybridized carbons (Fsp3) is 0.158. The highest BCUT2D eigenvalue weighted by molar-refractivity contribution is 5.90. The summed E-state index contributed by atoms with van der Waals surface area (Å²) >= 11 is 0. The van der Waals surface area contributed by atoms with Crippen LogP contribution in [0.3, 0.4) is 0 Å². The Morgan fingerprint density at radius 2 is 1.82 bits per heavy atom. The number of allylic oxidation sites excluding steroid dienone is 1. The van der Waals surface area contributed by atoms with E-state index in [2.05, 4.69) is 48.9 Å². The Labute approximate surface area is 129 Å². The molecule has 0 saturated carbocycles. The van der Waals surface area contributed by atoms with Gasteiger partial charge >= 0.3 is 0 Å². The van der Waals surface area contributed by atoms with Crippen molar-refractivity contribution in [2.24, 2.45) is 0 Å². The molecule has 0 bridgehead atoms. The zero-order chi connectivity index (χ0) is 15.7. The van der Waals surface area contributed by atoms with Crippen molar-refractivity contribution in [2.75, 3.05) is 0 Å². The molecule has 0 aliphatic carbocycles. The Balaban J connectivity index is 2.11. The van der Waals surface area contributed by atoms with Crippen LogP contribution in [0.2, 0.25) is 0 Å². The molecule has 2 aromatic carbocycles. The predicted molar refractivity (Wildman–Crippen MR) is 90.2 cm³/mol. The number of fused-ring (bicyclic) bond motifs is 1. The summed E-state index contributed by atoms with van der Waals surface area (Å²) in [7, 11) is 0. The van der Waals surface area contributed by atoms with Gasteiger partial charge in [0.2, 0.25) is 0 Å². The van der Waals surface area contributed by atoms with Crippen LogP contribution in [0, 0.1) is 32.1 Å². The minimum absolute atomic E-state index is 0.544. The van der Waals surface area contributed by atoms with Crippen LogP contribution in [0.1, 0.15) is 28.1 Å². The number of rotatable bonds is 2. The van der Waals surface area contributed by atoms with Gasteiger partial charge in [-0.2, -0.15) is 5.26 Å². The first-order valence-corrected chi connectivity index (χ1v) is 7.23. The molecule has 0 amide bonds. The second kappa shape index (κ2) is 5.50. The number of aryl methyl sites for hydroxylation is 3. The number of nitriles is 1.